The minimum atomic E-state index is -0.286. The summed E-state index contributed by atoms with van der Waals surface area (Å²) >= 11 is 0. The van der Waals surface area contributed by atoms with E-state index >= 15 is 0 Å². The van der Waals surface area contributed by atoms with E-state index in [-0.39, 0.29) is 12.4 Å². The zero-order chi connectivity index (χ0) is 8.55. The first-order valence-electron chi connectivity index (χ1n) is 4.97. The smallest absolute Gasteiger partial charge is 0.110 e. The van der Waals surface area contributed by atoms with Gasteiger partial charge in [-0.1, -0.05) is 12.8 Å². The summed E-state index contributed by atoms with van der Waals surface area (Å²) in [6, 6.07) is 0.546. The van der Waals surface area contributed by atoms with E-state index in [0.717, 1.165) is 0 Å². The van der Waals surface area contributed by atoms with Crippen LogP contribution in [0.5, 0.6) is 0 Å². The maximum absolute atomic E-state index is 9.72. The zero-order valence-corrected chi connectivity index (χ0v) is 7.59. The second-order valence-corrected chi connectivity index (χ2v) is 4.05. The van der Waals surface area contributed by atoms with Crippen LogP contribution in [-0.4, -0.2) is 23.5 Å². The Morgan fingerprint density at radius 3 is 2.75 bits per heavy atom. The number of hydrogen-bond donors (Lipinski definition) is 3. The van der Waals surface area contributed by atoms with Gasteiger partial charge in [0.05, 0.1) is 6.17 Å². The van der Waals surface area contributed by atoms with Crippen LogP contribution in [0.3, 0.4) is 0 Å². The van der Waals surface area contributed by atoms with Crippen LogP contribution < -0.4 is 10.6 Å². The molecule has 4 atom stereocenters. The van der Waals surface area contributed by atoms with Gasteiger partial charge in [-0.2, -0.15) is 0 Å². The molecule has 0 aromatic rings. The minimum absolute atomic E-state index is 0.263. The van der Waals surface area contributed by atoms with E-state index in [4.69, 9.17) is 0 Å². The van der Waals surface area contributed by atoms with Crippen molar-refractivity contribution in [3.8, 4) is 0 Å². The van der Waals surface area contributed by atoms with Gasteiger partial charge in [0.1, 0.15) is 6.23 Å². The van der Waals surface area contributed by atoms with Crippen molar-refractivity contribution in [2.24, 2.45) is 5.92 Å². The molecule has 3 heteroatoms. The predicted octanol–water partition coefficient (Wildman–Crippen LogP) is 0.402. The van der Waals surface area contributed by atoms with Gasteiger partial charge in [-0.25, -0.2) is 0 Å². The van der Waals surface area contributed by atoms with Gasteiger partial charge in [0.2, 0.25) is 0 Å². The third-order valence-electron chi connectivity index (χ3n) is 3.11. The lowest BCUT2D eigenvalue weighted by molar-refractivity contribution is -0.0104. The highest BCUT2D eigenvalue weighted by Crippen LogP contribution is 2.28. The van der Waals surface area contributed by atoms with Crippen molar-refractivity contribution in [2.75, 3.05) is 0 Å². The largest absolute Gasteiger partial charge is 0.378 e. The monoisotopic (exact) mass is 170 g/mol. The van der Waals surface area contributed by atoms with Crippen molar-refractivity contribution in [3.05, 3.63) is 0 Å². The molecule has 2 aliphatic rings. The number of fused-ring (bicyclic) bond motifs is 1. The molecule has 1 aliphatic carbocycles. The van der Waals surface area contributed by atoms with Crippen molar-refractivity contribution >= 4 is 0 Å². The Bertz CT molecular complexity index is 163. The number of rotatable bonds is 0. The predicted molar refractivity (Wildman–Crippen MR) is 47.5 cm³/mol. The van der Waals surface area contributed by atoms with Gasteiger partial charge in [0, 0.05) is 12.0 Å². The number of aliphatic hydroxyl groups excluding tert-OH is 1. The summed E-state index contributed by atoms with van der Waals surface area (Å²) < 4.78 is 0. The van der Waals surface area contributed by atoms with Crippen molar-refractivity contribution in [1.82, 2.24) is 10.6 Å². The summed E-state index contributed by atoms with van der Waals surface area (Å²) in [4.78, 5) is 0. The van der Waals surface area contributed by atoms with Crippen LogP contribution in [0.15, 0.2) is 0 Å². The fourth-order valence-corrected chi connectivity index (χ4v) is 2.49. The van der Waals surface area contributed by atoms with Crippen LogP contribution in [0.2, 0.25) is 0 Å². The van der Waals surface area contributed by atoms with Crippen LogP contribution in [0.4, 0.5) is 0 Å². The molecule has 2 fully saturated rings. The Kier molecular flexibility index (Phi) is 2.35. The molecule has 0 spiro atoms. The molecular formula is C9H18N2O. The molecule has 0 aromatic carbocycles. The average Bonchev–Trinajstić information content (AvgIpc) is 2.04. The Morgan fingerprint density at radius 2 is 1.92 bits per heavy atom. The number of nitrogens with one attached hydrogen (secondary N) is 2. The Labute approximate surface area is 73.5 Å². The highest BCUT2D eigenvalue weighted by Gasteiger charge is 2.35. The number of hydrogen-bond acceptors (Lipinski definition) is 3. The van der Waals surface area contributed by atoms with E-state index in [0.29, 0.717) is 12.0 Å². The van der Waals surface area contributed by atoms with Crippen LogP contribution in [0.25, 0.3) is 0 Å². The Morgan fingerprint density at radius 1 is 1.17 bits per heavy atom. The summed E-state index contributed by atoms with van der Waals surface area (Å²) in [6.45, 7) is 2.06. The molecule has 1 heterocycles. The molecule has 3 nitrogen and oxygen atoms in total. The fourth-order valence-electron chi connectivity index (χ4n) is 2.49. The molecular weight excluding hydrogens is 152 g/mol. The van der Waals surface area contributed by atoms with Gasteiger partial charge in [0.15, 0.2) is 0 Å². The van der Waals surface area contributed by atoms with Crippen molar-refractivity contribution in [3.63, 3.8) is 0 Å². The van der Waals surface area contributed by atoms with Gasteiger partial charge in [0.25, 0.3) is 0 Å². The fraction of sp³-hybridized carbons (Fsp3) is 1.00. The topological polar surface area (TPSA) is 44.3 Å². The molecule has 3 N–H and O–H groups in total. The molecule has 4 unspecified atom stereocenters. The van der Waals surface area contributed by atoms with Gasteiger partial charge < -0.3 is 5.11 Å². The van der Waals surface area contributed by atoms with E-state index in [1.54, 1.807) is 0 Å². The summed E-state index contributed by atoms with van der Waals surface area (Å²) in [5.74, 6) is 0.440. The molecule has 0 amide bonds. The minimum Gasteiger partial charge on any atom is -0.378 e. The maximum Gasteiger partial charge on any atom is 0.110 e. The number of aliphatic hydroxyl groups is 1. The second kappa shape index (κ2) is 3.32. The summed E-state index contributed by atoms with van der Waals surface area (Å²) in [5.41, 5.74) is 0. The third kappa shape index (κ3) is 1.49. The van der Waals surface area contributed by atoms with Crippen LogP contribution in [0, 0.1) is 5.92 Å². The third-order valence-corrected chi connectivity index (χ3v) is 3.11. The molecule has 0 bridgehead atoms. The lowest BCUT2D eigenvalue weighted by atomic mass is 9.82. The first kappa shape index (κ1) is 8.48. The molecule has 2 rings (SSSR count). The normalized spacial score (nSPS) is 48.5. The summed E-state index contributed by atoms with van der Waals surface area (Å²) in [7, 11) is 0. The van der Waals surface area contributed by atoms with E-state index in [1.807, 2.05) is 0 Å². The first-order chi connectivity index (χ1) is 5.77. The molecule has 12 heavy (non-hydrogen) atoms. The van der Waals surface area contributed by atoms with Gasteiger partial charge >= 0.3 is 0 Å². The molecule has 1 saturated heterocycles. The summed E-state index contributed by atoms with van der Waals surface area (Å²) in [5, 5.41) is 16.3. The van der Waals surface area contributed by atoms with Gasteiger partial charge in [-0.05, 0) is 19.8 Å². The SMILES string of the molecule is CC1NC(O)C2CCCCC2N1. The lowest BCUT2D eigenvalue weighted by Gasteiger charge is -2.43. The molecule has 0 aromatic heterocycles. The summed E-state index contributed by atoms with van der Waals surface area (Å²) in [6.07, 6.45) is 4.96. The van der Waals surface area contributed by atoms with Crippen molar-refractivity contribution < 1.29 is 5.11 Å². The Balaban J connectivity index is 2.01. The molecule has 0 radical (unpaired) electrons. The maximum atomic E-state index is 9.72. The van der Waals surface area contributed by atoms with Gasteiger partial charge in [-0.15, -0.1) is 0 Å². The first-order valence-corrected chi connectivity index (χ1v) is 4.97. The Hall–Kier alpha value is -0.120. The molecule has 1 saturated carbocycles. The van der Waals surface area contributed by atoms with Crippen molar-refractivity contribution in [2.45, 2.75) is 51.0 Å². The van der Waals surface area contributed by atoms with Crippen LogP contribution in [-0.2, 0) is 0 Å². The molecule has 1 aliphatic heterocycles. The standard InChI is InChI=1S/C9H18N2O/c1-6-10-8-5-3-2-4-7(8)9(12)11-6/h6-12H,2-5H2,1H3. The van der Waals surface area contributed by atoms with Gasteiger partial charge in [-0.3, -0.25) is 10.6 Å². The highest BCUT2D eigenvalue weighted by atomic mass is 16.3. The lowest BCUT2D eigenvalue weighted by Crippen LogP contribution is -2.62. The van der Waals surface area contributed by atoms with E-state index in [1.165, 1.54) is 25.7 Å². The van der Waals surface area contributed by atoms with E-state index < -0.39 is 0 Å². The highest BCUT2D eigenvalue weighted by molar-refractivity contribution is 4.90. The quantitative estimate of drug-likeness (QED) is 0.493. The van der Waals surface area contributed by atoms with Crippen LogP contribution >= 0.6 is 0 Å². The molecule has 70 valence electrons. The van der Waals surface area contributed by atoms with E-state index in [9.17, 15) is 5.11 Å². The van der Waals surface area contributed by atoms with Crippen LogP contribution in [0.1, 0.15) is 32.6 Å². The average molecular weight is 170 g/mol. The zero-order valence-electron chi connectivity index (χ0n) is 7.59. The second-order valence-electron chi connectivity index (χ2n) is 4.05. The van der Waals surface area contributed by atoms with Crippen molar-refractivity contribution in [1.29, 1.82) is 0 Å². The van der Waals surface area contributed by atoms with E-state index in [2.05, 4.69) is 17.6 Å².